The Kier molecular flexibility index (Phi) is 7.19. The van der Waals surface area contributed by atoms with E-state index in [4.69, 9.17) is 0 Å². The molecule has 1 aromatic heterocycles. The zero-order valence-corrected chi connectivity index (χ0v) is 22.7. The van der Waals surface area contributed by atoms with Gasteiger partial charge in [0, 0.05) is 42.5 Å². The van der Waals surface area contributed by atoms with Crippen LogP contribution in [0.2, 0.25) is 0 Å². The van der Waals surface area contributed by atoms with Crippen molar-refractivity contribution in [3.05, 3.63) is 30.0 Å². The zero-order valence-electron chi connectivity index (χ0n) is 21.9. The van der Waals surface area contributed by atoms with Crippen LogP contribution in [0.4, 0.5) is 0 Å². The van der Waals surface area contributed by atoms with Crippen molar-refractivity contribution in [3.63, 3.8) is 0 Å². The molecule has 5 atom stereocenters. The average molecular weight is 542 g/mol. The van der Waals surface area contributed by atoms with E-state index in [1.54, 1.807) is 30.0 Å². The van der Waals surface area contributed by atoms with Crippen LogP contribution in [0.25, 0.3) is 10.9 Å². The first-order chi connectivity index (χ1) is 18.1. The third kappa shape index (κ3) is 4.90. The van der Waals surface area contributed by atoms with Gasteiger partial charge in [-0.1, -0.05) is 19.4 Å². The summed E-state index contributed by atoms with van der Waals surface area (Å²) in [5, 5.41) is 3.38. The molecule has 38 heavy (non-hydrogen) atoms. The number of nitrogens with zero attached hydrogens (tertiary/aromatic N) is 1. The fourth-order valence-corrected chi connectivity index (χ4v) is 7.66. The molecule has 9 nitrogen and oxygen atoms in total. The van der Waals surface area contributed by atoms with Gasteiger partial charge in [0.25, 0.3) is 5.91 Å². The van der Waals surface area contributed by atoms with Gasteiger partial charge >= 0.3 is 0 Å². The van der Waals surface area contributed by atoms with Crippen LogP contribution < -0.4 is 5.32 Å². The summed E-state index contributed by atoms with van der Waals surface area (Å²) >= 11 is 0. The standard InChI is InChI=1S/C28H35N3O6S/c1-3-23(32)21(13-16-7-5-11-24(16)33)30-27(34)26-18-9-4-8-17(18)15-31(26)28(35)22-14-19-20(29-22)10-6-12-25(19)38(2,36)37/h6,10,12,14,16-18,21,26,29H,3-5,7-9,11,13,15H2,1-2H3,(H,30,34)/t16-,17-,18-,21-,26-/m0/s1. The lowest BCUT2D eigenvalue weighted by atomic mass is 9.91. The molecule has 2 aromatic rings. The molecule has 1 aromatic carbocycles. The normalized spacial score (nSPS) is 26.1. The van der Waals surface area contributed by atoms with E-state index in [1.165, 1.54) is 6.07 Å². The Balaban J connectivity index is 1.42. The fourth-order valence-electron chi connectivity index (χ4n) is 6.77. The molecule has 0 spiro atoms. The zero-order chi connectivity index (χ0) is 27.2. The number of H-pyrrole nitrogens is 1. The maximum absolute atomic E-state index is 13.8. The number of amides is 2. The molecule has 1 aliphatic heterocycles. The lowest BCUT2D eigenvalue weighted by Gasteiger charge is -2.29. The van der Waals surface area contributed by atoms with Gasteiger partial charge in [-0.25, -0.2) is 8.42 Å². The van der Waals surface area contributed by atoms with Crippen LogP contribution in [0, 0.1) is 17.8 Å². The van der Waals surface area contributed by atoms with Crippen LogP contribution in [0.5, 0.6) is 0 Å². The topological polar surface area (TPSA) is 133 Å². The predicted octanol–water partition coefficient (Wildman–Crippen LogP) is 3.04. The summed E-state index contributed by atoms with van der Waals surface area (Å²) in [5.41, 5.74) is 0.762. The molecular formula is C28H35N3O6S. The van der Waals surface area contributed by atoms with Gasteiger partial charge in [-0.2, -0.15) is 0 Å². The molecule has 0 bridgehead atoms. The van der Waals surface area contributed by atoms with Crippen LogP contribution in [0.1, 0.15) is 68.8 Å². The van der Waals surface area contributed by atoms with Crippen molar-refractivity contribution in [1.29, 1.82) is 0 Å². The van der Waals surface area contributed by atoms with Gasteiger partial charge < -0.3 is 15.2 Å². The van der Waals surface area contributed by atoms with Gasteiger partial charge in [-0.15, -0.1) is 0 Å². The number of carbonyl (C=O) groups is 4. The smallest absolute Gasteiger partial charge is 0.271 e. The van der Waals surface area contributed by atoms with Crippen molar-refractivity contribution in [2.24, 2.45) is 17.8 Å². The van der Waals surface area contributed by atoms with E-state index in [0.29, 0.717) is 30.3 Å². The molecule has 2 aliphatic carbocycles. The van der Waals surface area contributed by atoms with Crippen molar-refractivity contribution in [2.45, 2.75) is 75.3 Å². The van der Waals surface area contributed by atoms with Crippen molar-refractivity contribution >= 4 is 44.1 Å². The van der Waals surface area contributed by atoms with E-state index >= 15 is 0 Å². The SMILES string of the molecule is CCC(=O)[C@H](C[C@@H]1CCCC1=O)NC(=O)[C@@H]1[C@H]2CCC[C@H]2CN1C(=O)c1cc2c(S(C)(=O)=O)cccc2[nH]1. The average Bonchev–Trinajstić information content (AvgIpc) is 3.65. The number of nitrogens with one attached hydrogen (secondary N) is 2. The summed E-state index contributed by atoms with van der Waals surface area (Å²) in [6.45, 7) is 2.18. The van der Waals surface area contributed by atoms with Crippen LogP contribution >= 0.6 is 0 Å². The van der Waals surface area contributed by atoms with E-state index in [-0.39, 0.29) is 58.1 Å². The van der Waals surface area contributed by atoms with Crippen LogP contribution in [0.15, 0.2) is 29.2 Å². The summed E-state index contributed by atoms with van der Waals surface area (Å²) in [7, 11) is -3.50. The monoisotopic (exact) mass is 541 g/mol. The highest BCUT2D eigenvalue weighted by Gasteiger charge is 2.50. The minimum absolute atomic E-state index is 0.000370. The molecule has 0 radical (unpaired) electrons. The number of Topliss-reactive ketones (excluding diaryl/α,β-unsaturated/α-hetero) is 2. The number of hydrogen-bond donors (Lipinski definition) is 2. The van der Waals surface area contributed by atoms with Crippen molar-refractivity contribution in [1.82, 2.24) is 15.2 Å². The van der Waals surface area contributed by atoms with Gasteiger partial charge in [0.05, 0.1) is 10.9 Å². The highest BCUT2D eigenvalue weighted by atomic mass is 32.2. The quantitative estimate of drug-likeness (QED) is 0.528. The number of aromatic amines is 1. The molecule has 1 saturated heterocycles. The number of ketones is 2. The van der Waals surface area contributed by atoms with Gasteiger partial charge in [-0.3, -0.25) is 19.2 Å². The van der Waals surface area contributed by atoms with Crippen molar-refractivity contribution < 1.29 is 27.6 Å². The van der Waals surface area contributed by atoms with Gasteiger partial charge in [0.15, 0.2) is 15.6 Å². The summed E-state index contributed by atoms with van der Waals surface area (Å²) in [5.74, 6) is -0.693. The first kappa shape index (κ1) is 26.6. The Morgan fingerprint density at radius 2 is 1.95 bits per heavy atom. The van der Waals surface area contributed by atoms with E-state index in [9.17, 15) is 27.6 Å². The lowest BCUT2D eigenvalue weighted by Crippen LogP contribution is -2.53. The van der Waals surface area contributed by atoms with Crippen molar-refractivity contribution in [3.8, 4) is 0 Å². The van der Waals surface area contributed by atoms with Crippen LogP contribution in [-0.4, -0.2) is 66.6 Å². The second-order valence-electron chi connectivity index (χ2n) is 11.1. The number of hydrogen-bond acceptors (Lipinski definition) is 6. The first-order valence-corrected chi connectivity index (χ1v) is 15.5. The largest absolute Gasteiger partial charge is 0.350 e. The predicted molar refractivity (Wildman–Crippen MR) is 141 cm³/mol. The van der Waals surface area contributed by atoms with E-state index in [1.807, 2.05) is 0 Å². The number of carbonyl (C=O) groups excluding carboxylic acids is 4. The van der Waals surface area contributed by atoms with Gasteiger partial charge in [-0.05, 0) is 62.1 Å². The molecule has 2 amide bonds. The molecule has 204 valence electrons. The number of rotatable bonds is 8. The molecule has 3 fully saturated rings. The molecule has 3 aliphatic rings. The Morgan fingerprint density at radius 1 is 1.16 bits per heavy atom. The maximum atomic E-state index is 13.8. The number of fused-ring (bicyclic) bond motifs is 2. The first-order valence-electron chi connectivity index (χ1n) is 13.6. The number of sulfone groups is 1. The Bertz CT molecular complexity index is 1400. The lowest BCUT2D eigenvalue weighted by molar-refractivity contribution is -0.131. The summed E-state index contributed by atoms with van der Waals surface area (Å²) in [6.07, 6.45) is 6.49. The van der Waals surface area contributed by atoms with Crippen molar-refractivity contribution in [2.75, 3.05) is 12.8 Å². The molecule has 2 N–H and O–H groups in total. The summed E-state index contributed by atoms with van der Waals surface area (Å²) in [4.78, 5) is 57.3. The molecule has 5 rings (SSSR count). The summed E-state index contributed by atoms with van der Waals surface area (Å²) < 4.78 is 24.5. The second kappa shape index (κ2) is 10.3. The molecule has 10 heteroatoms. The minimum atomic E-state index is -3.50. The maximum Gasteiger partial charge on any atom is 0.271 e. The van der Waals surface area contributed by atoms with Gasteiger partial charge in [0.2, 0.25) is 5.91 Å². The third-order valence-corrected chi connectivity index (χ3v) is 9.83. The number of likely N-dealkylation sites (tertiary alicyclic amines) is 1. The third-order valence-electron chi connectivity index (χ3n) is 8.68. The second-order valence-corrected chi connectivity index (χ2v) is 13.1. The van der Waals surface area contributed by atoms with Crippen LogP contribution in [-0.2, 0) is 24.2 Å². The fraction of sp³-hybridized carbons (Fsp3) is 0.571. The molecular weight excluding hydrogens is 506 g/mol. The highest BCUT2D eigenvalue weighted by molar-refractivity contribution is 7.91. The van der Waals surface area contributed by atoms with E-state index < -0.39 is 21.9 Å². The molecule has 0 unspecified atom stereocenters. The molecule has 2 saturated carbocycles. The number of aromatic nitrogens is 1. The Hall–Kier alpha value is -3.01. The van der Waals surface area contributed by atoms with E-state index in [2.05, 4.69) is 10.3 Å². The highest BCUT2D eigenvalue weighted by Crippen LogP contribution is 2.43. The Morgan fingerprint density at radius 3 is 2.63 bits per heavy atom. The Labute approximate surface area is 222 Å². The van der Waals surface area contributed by atoms with Gasteiger partial charge in [0.1, 0.15) is 17.5 Å². The van der Waals surface area contributed by atoms with E-state index in [0.717, 1.165) is 38.4 Å². The minimum Gasteiger partial charge on any atom is -0.350 e. The van der Waals surface area contributed by atoms with Crippen LogP contribution in [0.3, 0.4) is 0 Å². The summed E-state index contributed by atoms with van der Waals surface area (Å²) in [6, 6.07) is 4.93. The molecule has 2 heterocycles. The number of benzene rings is 1.